The largest absolute Gasteiger partial charge is 0.310 e. The summed E-state index contributed by atoms with van der Waals surface area (Å²) in [7, 11) is 0. The van der Waals surface area contributed by atoms with Gasteiger partial charge in [-0.15, -0.1) is 0 Å². The first kappa shape index (κ1) is 27.4. The second-order valence-electron chi connectivity index (χ2n) is 11.4. The number of fused-ring (bicyclic) bond motifs is 2. The van der Waals surface area contributed by atoms with Gasteiger partial charge in [-0.25, -0.2) is 0 Å². The third-order valence-electron chi connectivity index (χ3n) is 8.40. The number of benzene rings is 7. The first-order chi connectivity index (χ1) is 22.8. The number of nitrogens with zero attached hydrogens (tertiary/aromatic N) is 3. The summed E-state index contributed by atoms with van der Waals surface area (Å²) in [6.07, 6.45) is 1.96. The van der Waals surface area contributed by atoms with Gasteiger partial charge in [0.1, 0.15) is 0 Å². The third kappa shape index (κ3) is 5.36. The molecule has 8 rings (SSSR count). The highest BCUT2D eigenvalue weighted by Crippen LogP contribution is 2.41. The van der Waals surface area contributed by atoms with Gasteiger partial charge in [0.15, 0.2) is 0 Å². The molecule has 0 atom stereocenters. The van der Waals surface area contributed by atoms with Crippen LogP contribution in [0.15, 0.2) is 188 Å². The van der Waals surface area contributed by atoms with Gasteiger partial charge in [0, 0.05) is 51.3 Å². The van der Waals surface area contributed by atoms with Gasteiger partial charge in [0.2, 0.25) is 0 Å². The van der Waals surface area contributed by atoms with Crippen LogP contribution in [-0.2, 0) is 0 Å². The minimum atomic E-state index is 0.973. The number of hydrogen-bond acceptors (Lipinski definition) is 3. The molecule has 0 saturated heterocycles. The molecule has 1 aromatic heterocycles. The molecule has 3 heteroatoms. The van der Waals surface area contributed by atoms with Crippen LogP contribution in [0.25, 0.3) is 32.8 Å². The van der Waals surface area contributed by atoms with Gasteiger partial charge in [-0.05, 0) is 95.0 Å². The Morgan fingerprint density at radius 1 is 0.304 bits per heavy atom. The van der Waals surface area contributed by atoms with E-state index >= 15 is 0 Å². The molecule has 0 N–H and O–H groups in total. The van der Waals surface area contributed by atoms with Crippen molar-refractivity contribution >= 4 is 55.7 Å². The average Bonchev–Trinajstić information content (AvgIpc) is 3.13. The molecular weight excluding hydrogens is 558 g/mol. The lowest BCUT2D eigenvalue weighted by atomic mass is 10.0. The van der Waals surface area contributed by atoms with Crippen molar-refractivity contribution in [1.29, 1.82) is 0 Å². The number of rotatable bonds is 7. The molecule has 0 amide bonds. The molecule has 0 bridgehead atoms. The maximum Gasteiger partial charge on any atom is 0.0708 e. The lowest BCUT2D eigenvalue weighted by Crippen LogP contribution is -2.13. The van der Waals surface area contributed by atoms with Crippen molar-refractivity contribution in [1.82, 2.24) is 4.98 Å². The Balaban J connectivity index is 1.24. The topological polar surface area (TPSA) is 19.4 Å². The predicted octanol–water partition coefficient (Wildman–Crippen LogP) is 12.0. The van der Waals surface area contributed by atoms with Crippen molar-refractivity contribution in [3.8, 4) is 11.3 Å². The summed E-state index contributed by atoms with van der Waals surface area (Å²) in [5.41, 5.74) is 8.64. The van der Waals surface area contributed by atoms with Crippen molar-refractivity contribution in [2.24, 2.45) is 0 Å². The second kappa shape index (κ2) is 12.1. The molecular formula is C43H31N3. The molecule has 0 fully saturated rings. The van der Waals surface area contributed by atoms with Crippen molar-refractivity contribution in [2.45, 2.75) is 0 Å². The van der Waals surface area contributed by atoms with E-state index in [0.717, 1.165) is 56.2 Å². The van der Waals surface area contributed by atoms with Gasteiger partial charge < -0.3 is 9.80 Å². The van der Waals surface area contributed by atoms with Crippen LogP contribution < -0.4 is 9.80 Å². The Morgan fingerprint density at radius 3 is 1.43 bits per heavy atom. The van der Waals surface area contributed by atoms with E-state index in [9.17, 15) is 0 Å². The maximum atomic E-state index is 4.80. The Morgan fingerprint density at radius 2 is 0.804 bits per heavy atom. The molecule has 0 unspecified atom stereocenters. The molecule has 46 heavy (non-hydrogen) atoms. The lowest BCUT2D eigenvalue weighted by molar-refractivity contribution is 1.25. The van der Waals surface area contributed by atoms with Gasteiger partial charge in [-0.1, -0.05) is 103 Å². The van der Waals surface area contributed by atoms with Crippen LogP contribution in [0, 0.1) is 0 Å². The molecule has 7 aromatic carbocycles. The number of aromatic nitrogens is 1. The van der Waals surface area contributed by atoms with E-state index in [0.29, 0.717) is 0 Å². The van der Waals surface area contributed by atoms with E-state index in [-0.39, 0.29) is 0 Å². The first-order valence-electron chi connectivity index (χ1n) is 15.5. The molecule has 0 aliphatic heterocycles. The van der Waals surface area contributed by atoms with E-state index in [4.69, 9.17) is 4.98 Å². The Labute approximate surface area is 269 Å². The number of hydrogen-bond donors (Lipinski definition) is 0. The zero-order chi connectivity index (χ0) is 30.7. The quantitative estimate of drug-likeness (QED) is 0.184. The van der Waals surface area contributed by atoms with Crippen molar-refractivity contribution in [2.75, 3.05) is 9.80 Å². The molecule has 3 nitrogen and oxygen atoms in total. The number of para-hydroxylation sites is 3. The fourth-order valence-electron chi connectivity index (χ4n) is 6.17. The minimum absolute atomic E-state index is 0.973. The summed E-state index contributed by atoms with van der Waals surface area (Å²) < 4.78 is 0. The van der Waals surface area contributed by atoms with Crippen molar-refractivity contribution < 1.29 is 0 Å². The molecule has 0 radical (unpaired) electrons. The van der Waals surface area contributed by atoms with Crippen LogP contribution in [0.5, 0.6) is 0 Å². The van der Waals surface area contributed by atoms with Crippen LogP contribution in [0.2, 0.25) is 0 Å². The highest BCUT2D eigenvalue weighted by molar-refractivity contribution is 5.93. The predicted molar refractivity (Wildman–Crippen MR) is 194 cm³/mol. The van der Waals surface area contributed by atoms with Gasteiger partial charge in [0.25, 0.3) is 0 Å². The summed E-state index contributed by atoms with van der Waals surface area (Å²) in [6, 6.07) is 64.3. The normalized spacial score (nSPS) is 11.0. The number of anilines is 6. The van der Waals surface area contributed by atoms with Crippen molar-refractivity contribution in [3.63, 3.8) is 0 Å². The van der Waals surface area contributed by atoms with E-state index < -0.39 is 0 Å². The van der Waals surface area contributed by atoms with E-state index in [1.54, 1.807) is 0 Å². The highest BCUT2D eigenvalue weighted by Gasteiger charge is 2.17. The van der Waals surface area contributed by atoms with Crippen LogP contribution in [-0.4, -0.2) is 4.98 Å². The molecule has 1 heterocycles. The first-order valence-corrected chi connectivity index (χ1v) is 15.5. The molecule has 8 aromatic rings. The molecule has 0 aliphatic carbocycles. The molecule has 0 spiro atoms. The highest BCUT2D eigenvalue weighted by atomic mass is 15.2. The van der Waals surface area contributed by atoms with E-state index in [1.807, 2.05) is 6.20 Å². The van der Waals surface area contributed by atoms with E-state index in [2.05, 4.69) is 192 Å². The summed E-state index contributed by atoms with van der Waals surface area (Å²) >= 11 is 0. The Kier molecular flexibility index (Phi) is 7.18. The van der Waals surface area contributed by atoms with Gasteiger partial charge in [-0.2, -0.15) is 0 Å². The van der Waals surface area contributed by atoms with E-state index in [1.165, 1.54) is 10.8 Å². The molecule has 218 valence electrons. The summed E-state index contributed by atoms with van der Waals surface area (Å²) in [5.74, 6) is 0. The van der Waals surface area contributed by atoms with Crippen LogP contribution in [0.4, 0.5) is 34.1 Å². The van der Waals surface area contributed by atoms with Crippen LogP contribution in [0.1, 0.15) is 0 Å². The summed E-state index contributed by atoms with van der Waals surface area (Å²) in [4.78, 5) is 9.43. The maximum absolute atomic E-state index is 4.80. The molecule has 0 saturated carbocycles. The fourth-order valence-corrected chi connectivity index (χ4v) is 6.17. The number of pyridine rings is 1. The Hall–Kier alpha value is -6.19. The standard InChI is InChI=1S/C43H31N3/c1-4-15-37(16-5-1)45(38-17-6-2-7-18-38)40-21-12-22-41(30-40)46(39-19-8-3-9-20-39)42-26-25-32-23-24-34(27-36(32)28-42)43-29-33-13-10-11-14-35(33)31-44-43/h1-31H. The van der Waals surface area contributed by atoms with Crippen molar-refractivity contribution in [3.05, 3.63) is 188 Å². The summed E-state index contributed by atoms with van der Waals surface area (Å²) in [6.45, 7) is 0. The smallest absolute Gasteiger partial charge is 0.0708 e. The monoisotopic (exact) mass is 589 g/mol. The fraction of sp³-hybridized carbons (Fsp3) is 0. The zero-order valence-corrected chi connectivity index (χ0v) is 25.2. The average molecular weight is 590 g/mol. The van der Waals surface area contributed by atoms with Gasteiger partial charge >= 0.3 is 0 Å². The van der Waals surface area contributed by atoms with Crippen LogP contribution >= 0.6 is 0 Å². The van der Waals surface area contributed by atoms with Crippen LogP contribution in [0.3, 0.4) is 0 Å². The SMILES string of the molecule is c1ccc(N(c2ccccc2)c2cccc(N(c3ccccc3)c3ccc4ccc(-c5cc6ccccc6cn5)cc4c3)c2)cc1. The van der Waals surface area contributed by atoms with Gasteiger partial charge in [0.05, 0.1) is 5.69 Å². The molecule has 0 aliphatic rings. The second-order valence-corrected chi connectivity index (χ2v) is 11.4. The lowest BCUT2D eigenvalue weighted by Gasteiger charge is -2.29. The zero-order valence-electron chi connectivity index (χ0n) is 25.2. The van der Waals surface area contributed by atoms with Gasteiger partial charge in [-0.3, -0.25) is 4.98 Å². The third-order valence-corrected chi connectivity index (χ3v) is 8.40. The minimum Gasteiger partial charge on any atom is -0.310 e. The Bertz CT molecular complexity index is 2220. The summed E-state index contributed by atoms with van der Waals surface area (Å²) in [5, 5.41) is 4.69.